The Bertz CT molecular complexity index is 716. The molecule has 0 atom stereocenters. The lowest BCUT2D eigenvalue weighted by atomic mass is 10.2. The zero-order valence-corrected chi connectivity index (χ0v) is 12.4. The third kappa shape index (κ3) is 3.00. The minimum absolute atomic E-state index is 0.126. The standard InChI is InChI=1S/C13H17N3O3S/c1-8-4-5-11(6-13(8)20(14,17)18)15-7-12-9(2)16-19-10(12)3/h4-6,15H,7H2,1-3H3,(H2,14,17,18). The molecule has 20 heavy (non-hydrogen) atoms. The molecule has 0 unspecified atom stereocenters. The predicted octanol–water partition coefficient (Wildman–Crippen LogP) is 1.86. The van der Waals surface area contributed by atoms with Gasteiger partial charge < -0.3 is 9.84 Å². The summed E-state index contributed by atoms with van der Waals surface area (Å²) in [5, 5.41) is 12.2. The summed E-state index contributed by atoms with van der Waals surface area (Å²) < 4.78 is 28.0. The molecule has 0 spiro atoms. The van der Waals surface area contributed by atoms with Crippen molar-refractivity contribution in [1.82, 2.24) is 5.16 Å². The number of primary sulfonamides is 1. The molecule has 2 rings (SSSR count). The molecule has 0 aliphatic heterocycles. The average Bonchev–Trinajstić information content (AvgIpc) is 2.67. The van der Waals surface area contributed by atoms with E-state index in [9.17, 15) is 8.42 Å². The molecule has 0 bridgehead atoms. The van der Waals surface area contributed by atoms with Gasteiger partial charge in [-0.3, -0.25) is 0 Å². The van der Waals surface area contributed by atoms with Crippen LogP contribution in [0.1, 0.15) is 22.6 Å². The molecule has 7 heteroatoms. The van der Waals surface area contributed by atoms with Crippen LogP contribution in [0.25, 0.3) is 0 Å². The fraction of sp³-hybridized carbons (Fsp3) is 0.308. The lowest BCUT2D eigenvalue weighted by Crippen LogP contribution is -2.14. The summed E-state index contributed by atoms with van der Waals surface area (Å²) in [6.45, 7) is 5.91. The quantitative estimate of drug-likeness (QED) is 0.897. The molecule has 3 N–H and O–H groups in total. The first-order valence-electron chi connectivity index (χ1n) is 6.08. The van der Waals surface area contributed by atoms with E-state index in [0.717, 1.165) is 17.0 Å². The van der Waals surface area contributed by atoms with Crippen LogP contribution in [0, 0.1) is 20.8 Å². The molecule has 1 aromatic heterocycles. The normalized spacial score (nSPS) is 11.6. The summed E-state index contributed by atoms with van der Waals surface area (Å²) >= 11 is 0. The van der Waals surface area contributed by atoms with Gasteiger partial charge in [-0.05, 0) is 38.5 Å². The second kappa shape index (κ2) is 5.26. The molecule has 0 radical (unpaired) electrons. The van der Waals surface area contributed by atoms with Crippen molar-refractivity contribution in [1.29, 1.82) is 0 Å². The first kappa shape index (κ1) is 14.5. The van der Waals surface area contributed by atoms with Gasteiger partial charge in [-0.2, -0.15) is 0 Å². The van der Waals surface area contributed by atoms with E-state index in [0.29, 0.717) is 17.8 Å². The molecule has 6 nitrogen and oxygen atoms in total. The van der Waals surface area contributed by atoms with Crippen LogP contribution >= 0.6 is 0 Å². The van der Waals surface area contributed by atoms with Crippen LogP contribution in [0.4, 0.5) is 5.69 Å². The number of aryl methyl sites for hydroxylation is 3. The van der Waals surface area contributed by atoms with Crippen LogP contribution in [-0.4, -0.2) is 13.6 Å². The molecule has 1 aromatic carbocycles. The van der Waals surface area contributed by atoms with E-state index in [1.54, 1.807) is 13.0 Å². The summed E-state index contributed by atoms with van der Waals surface area (Å²) in [5.41, 5.74) is 3.08. The molecule has 2 aromatic rings. The van der Waals surface area contributed by atoms with Crippen LogP contribution < -0.4 is 10.5 Å². The lowest BCUT2D eigenvalue weighted by molar-refractivity contribution is 0.392. The van der Waals surface area contributed by atoms with Gasteiger partial charge in [-0.15, -0.1) is 0 Å². The first-order chi connectivity index (χ1) is 9.29. The number of nitrogens with zero attached hydrogens (tertiary/aromatic N) is 1. The van der Waals surface area contributed by atoms with Crippen molar-refractivity contribution in [2.24, 2.45) is 5.14 Å². The van der Waals surface area contributed by atoms with E-state index < -0.39 is 10.0 Å². The highest BCUT2D eigenvalue weighted by Gasteiger charge is 2.13. The summed E-state index contributed by atoms with van der Waals surface area (Å²) in [6, 6.07) is 5.06. The lowest BCUT2D eigenvalue weighted by Gasteiger charge is -2.09. The SMILES string of the molecule is Cc1ccc(NCc2c(C)noc2C)cc1S(N)(=O)=O. The molecule has 1 heterocycles. The van der Waals surface area contributed by atoms with E-state index in [1.165, 1.54) is 6.07 Å². The van der Waals surface area contributed by atoms with Crippen molar-refractivity contribution in [3.8, 4) is 0 Å². The molecular formula is C13H17N3O3S. The van der Waals surface area contributed by atoms with Gasteiger partial charge in [0.15, 0.2) is 0 Å². The van der Waals surface area contributed by atoms with Crippen LogP contribution in [0.15, 0.2) is 27.6 Å². The van der Waals surface area contributed by atoms with Crippen molar-refractivity contribution in [2.75, 3.05) is 5.32 Å². The number of benzene rings is 1. The minimum atomic E-state index is -3.72. The van der Waals surface area contributed by atoms with Crippen LogP contribution in [0.3, 0.4) is 0 Å². The van der Waals surface area contributed by atoms with Crippen molar-refractivity contribution < 1.29 is 12.9 Å². The average molecular weight is 295 g/mol. The fourth-order valence-corrected chi connectivity index (χ4v) is 2.77. The maximum Gasteiger partial charge on any atom is 0.238 e. The van der Waals surface area contributed by atoms with Gasteiger partial charge in [-0.1, -0.05) is 11.2 Å². The molecular weight excluding hydrogens is 278 g/mol. The summed E-state index contributed by atoms with van der Waals surface area (Å²) in [6.07, 6.45) is 0. The number of nitrogens with one attached hydrogen (secondary N) is 1. The number of rotatable bonds is 4. The monoisotopic (exact) mass is 295 g/mol. The van der Waals surface area contributed by atoms with Crippen molar-refractivity contribution in [3.63, 3.8) is 0 Å². The van der Waals surface area contributed by atoms with Gasteiger partial charge in [0, 0.05) is 17.8 Å². The van der Waals surface area contributed by atoms with Crippen molar-refractivity contribution in [3.05, 3.63) is 40.8 Å². The highest BCUT2D eigenvalue weighted by Crippen LogP contribution is 2.20. The van der Waals surface area contributed by atoms with Crippen molar-refractivity contribution in [2.45, 2.75) is 32.2 Å². The molecule has 108 valence electrons. The number of aromatic nitrogens is 1. The summed E-state index contributed by atoms with van der Waals surface area (Å²) in [7, 11) is -3.72. The second-order valence-electron chi connectivity index (χ2n) is 4.68. The Labute approximate surface area is 118 Å². The minimum Gasteiger partial charge on any atom is -0.381 e. The Morgan fingerprint density at radius 3 is 2.55 bits per heavy atom. The van der Waals surface area contributed by atoms with Crippen LogP contribution in [0.2, 0.25) is 0 Å². The zero-order chi connectivity index (χ0) is 14.9. The van der Waals surface area contributed by atoms with Gasteiger partial charge in [0.25, 0.3) is 0 Å². The maximum atomic E-state index is 11.5. The number of nitrogens with two attached hydrogens (primary N) is 1. The number of anilines is 1. The van der Waals surface area contributed by atoms with Gasteiger partial charge in [0.2, 0.25) is 10.0 Å². The molecule has 0 saturated heterocycles. The number of sulfonamides is 1. The number of hydrogen-bond acceptors (Lipinski definition) is 5. The zero-order valence-electron chi connectivity index (χ0n) is 11.6. The van der Waals surface area contributed by atoms with Crippen LogP contribution in [0.5, 0.6) is 0 Å². The highest BCUT2D eigenvalue weighted by molar-refractivity contribution is 7.89. The van der Waals surface area contributed by atoms with E-state index in [2.05, 4.69) is 10.5 Å². The smallest absolute Gasteiger partial charge is 0.238 e. The Balaban J connectivity index is 2.23. The fourth-order valence-electron chi connectivity index (χ4n) is 1.96. The molecule has 0 saturated carbocycles. The Morgan fingerprint density at radius 2 is 2.00 bits per heavy atom. The number of hydrogen-bond donors (Lipinski definition) is 2. The van der Waals surface area contributed by atoms with E-state index >= 15 is 0 Å². The third-order valence-electron chi connectivity index (χ3n) is 3.15. The van der Waals surface area contributed by atoms with E-state index in [4.69, 9.17) is 9.66 Å². The van der Waals surface area contributed by atoms with Gasteiger partial charge in [0.1, 0.15) is 5.76 Å². The molecule has 0 fully saturated rings. The Kier molecular flexibility index (Phi) is 3.82. The van der Waals surface area contributed by atoms with E-state index in [-0.39, 0.29) is 4.90 Å². The van der Waals surface area contributed by atoms with E-state index in [1.807, 2.05) is 19.9 Å². The van der Waals surface area contributed by atoms with Gasteiger partial charge in [-0.25, -0.2) is 13.6 Å². The first-order valence-corrected chi connectivity index (χ1v) is 7.62. The topological polar surface area (TPSA) is 98.2 Å². The maximum absolute atomic E-state index is 11.5. The third-order valence-corrected chi connectivity index (χ3v) is 4.20. The predicted molar refractivity (Wildman–Crippen MR) is 75.9 cm³/mol. The second-order valence-corrected chi connectivity index (χ2v) is 6.21. The van der Waals surface area contributed by atoms with Crippen molar-refractivity contribution >= 4 is 15.7 Å². The Hall–Kier alpha value is -1.86. The molecule has 0 aliphatic carbocycles. The summed E-state index contributed by atoms with van der Waals surface area (Å²) in [5.74, 6) is 0.744. The summed E-state index contributed by atoms with van der Waals surface area (Å²) in [4.78, 5) is 0.126. The van der Waals surface area contributed by atoms with Crippen LogP contribution in [-0.2, 0) is 16.6 Å². The highest BCUT2D eigenvalue weighted by atomic mass is 32.2. The van der Waals surface area contributed by atoms with Gasteiger partial charge >= 0.3 is 0 Å². The molecule has 0 aliphatic rings. The van der Waals surface area contributed by atoms with Gasteiger partial charge in [0.05, 0.1) is 10.6 Å². The Morgan fingerprint density at radius 1 is 1.30 bits per heavy atom. The molecule has 0 amide bonds. The largest absolute Gasteiger partial charge is 0.381 e.